The first-order chi connectivity index (χ1) is 9.21. The third kappa shape index (κ3) is 4.98. The Morgan fingerprint density at radius 3 is 2.84 bits per heavy atom. The van der Waals surface area contributed by atoms with Crippen LogP contribution >= 0.6 is 0 Å². The number of ether oxygens (including phenoxy) is 1. The number of methoxy groups -OCH3 is 1. The number of nitrogens with one attached hydrogen (secondary N) is 1. The molecule has 1 rings (SSSR count). The van der Waals surface area contributed by atoms with Gasteiger partial charge in [0.1, 0.15) is 5.75 Å². The van der Waals surface area contributed by atoms with E-state index in [1.165, 1.54) is 0 Å². The van der Waals surface area contributed by atoms with Crippen molar-refractivity contribution in [2.24, 2.45) is 0 Å². The summed E-state index contributed by atoms with van der Waals surface area (Å²) in [4.78, 5) is 13.7. The summed E-state index contributed by atoms with van der Waals surface area (Å²) < 4.78 is 5.17. The van der Waals surface area contributed by atoms with Crippen LogP contribution in [0.15, 0.2) is 24.3 Å². The number of anilines is 1. The zero-order valence-corrected chi connectivity index (χ0v) is 11.3. The van der Waals surface area contributed by atoms with Gasteiger partial charge in [0.05, 0.1) is 32.0 Å². The number of carbonyl (C=O) groups is 1. The second kappa shape index (κ2) is 8.11. The molecule has 0 aliphatic rings. The molecule has 0 saturated carbocycles. The van der Waals surface area contributed by atoms with E-state index in [1.807, 2.05) is 24.0 Å². The smallest absolute Gasteiger partial charge is 0.238 e. The molecule has 0 heterocycles. The lowest BCUT2D eigenvalue weighted by atomic mass is 10.3. The summed E-state index contributed by atoms with van der Waals surface area (Å²) in [6.45, 7) is 3.21. The maximum atomic E-state index is 11.9. The van der Waals surface area contributed by atoms with Gasteiger partial charge in [-0.05, 0) is 25.1 Å². The first-order valence-corrected chi connectivity index (χ1v) is 6.23. The Morgan fingerprint density at radius 2 is 2.21 bits per heavy atom. The molecule has 102 valence electrons. The van der Waals surface area contributed by atoms with Gasteiger partial charge in [0.25, 0.3) is 0 Å². The van der Waals surface area contributed by atoms with E-state index in [0.29, 0.717) is 11.4 Å². The van der Waals surface area contributed by atoms with Gasteiger partial charge in [0.15, 0.2) is 0 Å². The van der Waals surface area contributed by atoms with Gasteiger partial charge in [-0.25, -0.2) is 0 Å². The first-order valence-electron chi connectivity index (χ1n) is 6.23. The van der Waals surface area contributed by atoms with E-state index in [2.05, 4.69) is 11.4 Å². The molecule has 19 heavy (non-hydrogen) atoms. The molecule has 0 radical (unpaired) electrons. The third-order valence-electron chi connectivity index (χ3n) is 2.58. The van der Waals surface area contributed by atoms with Gasteiger partial charge in [0, 0.05) is 0 Å². The number of rotatable bonds is 7. The summed E-state index contributed by atoms with van der Waals surface area (Å²) in [5.41, 5.74) is 0.642. The van der Waals surface area contributed by atoms with Crippen molar-refractivity contribution in [3.8, 4) is 11.8 Å². The number of nitrogens with zero attached hydrogens (tertiary/aromatic N) is 2. The highest BCUT2D eigenvalue weighted by Crippen LogP contribution is 2.22. The number of benzene rings is 1. The van der Waals surface area contributed by atoms with Gasteiger partial charge in [-0.2, -0.15) is 5.26 Å². The van der Waals surface area contributed by atoms with Crippen molar-refractivity contribution in [3.63, 3.8) is 0 Å². The number of para-hydroxylation sites is 2. The summed E-state index contributed by atoms with van der Waals surface area (Å²) in [7, 11) is 1.56. The standard InChI is InChI=1S/C14H19N3O2/c1-3-9-17(10-8-15)11-14(18)16-12-6-4-5-7-13(12)19-2/h4-7H,3,9-11H2,1-2H3,(H,16,18). The molecule has 0 aliphatic heterocycles. The molecule has 1 aromatic carbocycles. The van der Waals surface area contributed by atoms with Crippen LogP contribution in [0.1, 0.15) is 13.3 Å². The highest BCUT2D eigenvalue weighted by molar-refractivity contribution is 5.93. The Balaban J connectivity index is 2.61. The quantitative estimate of drug-likeness (QED) is 0.761. The van der Waals surface area contributed by atoms with Crippen LogP contribution in [0.25, 0.3) is 0 Å². The van der Waals surface area contributed by atoms with Gasteiger partial charge in [-0.3, -0.25) is 9.69 Å². The maximum absolute atomic E-state index is 11.9. The van der Waals surface area contributed by atoms with Crippen LogP contribution in [0.5, 0.6) is 5.75 Å². The second-order valence-electron chi connectivity index (χ2n) is 4.12. The molecule has 0 fully saturated rings. The lowest BCUT2D eigenvalue weighted by molar-refractivity contribution is -0.117. The van der Waals surface area contributed by atoms with Crippen LogP contribution in [0.3, 0.4) is 0 Å². The van der Waals surface area contributed by atoms with E-state index in [4.69, 9.17) is 10.00 Å². The van der Waals surface area contributed by atoms with E-state index in [-0.39, 0.29) is 19.0 Å². The molecule has 0 aliphatic carbocycles. The lowest BCUT2D eigenvalue weighted by Gasteiger charge is -2.18. The van der Waals surface area contributed by atoms with Crippen molar-refractivity contribution < 1.29 is 9.53 Å². The Bertz CT molecular complexity index is 454. The number of hydrogen-bond acceptors (Lipinski definition) is 4. The third-order valence-corrected chi connectivity index (χ3v) is 2.58. The van der Waals surface area contributed by atoms with Crippen LogP contribution in [-0.4, -0.2) is 37.6 Å². The Morgan fingerprint density at radius 1 is 1.47 bits per heavy atom. The summed E-state index contributed by atoms with van der Waals surface area (Å²) in [6, 6.07) is 9.31. The molecular formula is C14H19N3O2. The van der Waals surface area contributed by atoms with E-state index in [9.17, 15) is 4.79 Å². The van der Waals surface area contributed by atoms with E-state index < -0.39 is 0 Å². The van der Waals surface area contributed by atoms with Crippen molar-refractivity contribution in [1.29, 1.82) is 5.26 Å². The summed E-state index contributed by atoms with van der Waals surface area (Å²) in [5, 5.41) is 11.5. The Hall–Kier alpha value is -2.06. The fourth-order valence-corrected chi connectivity index (χ4v) is 1.77. The number of nitriles is 1. The minimum Gasteiger partial charge on any atom is -0.495 e. The molecule has 0 unspecified atom stereocenters. The number of amides is 1. The van der Waals surface area contributed by atoms with Crippen LogP contribution < -0.4 is 10.1 Å². The summed E-state index contributed by atoms with van der Waals surface area (Å²) >= 11 is 0. The monoisotopic (exact) mass is 261 g/mol. The van der Waals surface area contributed by atoms with Gasteiger partial charge in [0.2, 0.25) is 5.91 Å². The van der Waals surface area contributed by atoms with Crippen LogP contribution in [0, 0.1) is 11.3 Å². The van der Waals surface area contributed by atoms with Crippen molar-refractivity contribution in [2.45, 2.75) is 13.3 Å². The minimum absolute atomic E-state index is 0.145. The van der Waals surface area contributed by atoms with Crippen molar-refractivity contribution in [1.82, 2.24) is 4.90 Å². The van der Waals surface area contributed by atoms with Gasteiger partial charge in [-0.1, -0.05) is 19.1 Å². The molecule has 0 spiro atoms. The van der Waals surface area contributed by atoms with Crippen molar-refractivity contribution in [3.05, 3.63) is 24.3 Å². The zero-order chi connectivity index (χ0) is 14.1. The van der Waals surface area contributed by atoms with Crippen LogP contribution in [0.4, 0.5) is 5.69 Å². The molecular weight excluding hydrogens is 242 g/mol. The SMILES string of the molecule is CCCN(CC#N)CC(=O)Nc1ccccc1OC. The number of carbonyl (C=O) groups excluding carboxylic acids is 1. The average Bonchev–Trinajstić information content (AvgIpc) is 2.40. The fraction of sp³-hybridized carbons (Fsp3) is 0.429. The molecule has 1 aromatic rings. The lowest BCUT2D eigenvalue weighted by Crippen LogP contribution is -2.34. The molecule has 5 heteroatoms. The van der Waals surface area contributed by atoms with Gasteiger partial charge < -0.3 is 10.1 Å². The van der Waals surface area contributed by atoms with Crippen LogP contribution in [-0.2, 0) is 4.79 Å². The van der Waals surface area contributed by atoms with E-state index in [1.54, 1.807) is 19.2 Å². The number of hydrogen-bond donors (Lipinski definition) is 1. The van der Waals surface area contributed by atoms with E-state index in [0.717, 1.165) is 13.0 Å². The van der Waals surface area contributed by atoms with Gasteiger partial charge >= 0.3 is 0 Å². The minimum atomic E-state index is -0.145. The predicted octanol–water partition coefficient (Wildman–Crippen LogP) is 1.87. The summed E-state index contributed by atoms with van der Waals surface area (Å²) in [6.07, 6.45) is 0.906. The highest BCUT2D eigenvalue weighted by atomic mass is 16.5. The predicted molar refractivity (Wildman–Crippen MR) is 74.0 cm³/mol. The zero-order valence-electron chi connectivity index (χ0n) is 11.3. The molecule has 0 bridgehead atoms. The fourth-order valence-electron chi connectivity index (χ4n) is 1.77. The highest BCUT2D eigenvalue weighted by Gasteiger charge is 2.11. The van der Waals surface area contributed by atoms with E-state index >= 15 is 0 Å². The molecule has 0 saturated heterocycles. The molecule has 1 amide bonds. The molecule has 1 N–H and O–H groups in total. The van der Waals surface area contributed by atoms with Crippen molar-refractivity contribution in [2.75, 3.05) is 32.1 Å². The van der Waals surface area contributed by atoms with Crippen LogP contribution in [0.2, 0.25) is 0 Å². The topological polar surface area (TPSA) is 65.4 Å². The largest absolute Gasteiger partial charge is 0.495 e. The Labute approximate surface area is 113 Å². The average molecular weight is 261 g/mol. The van der Waals surface area contributed by atoms with Gasteiger partial charge in [-0.15, -0.1) is 0 Å². The molecule has 0 atom stereocenters. The molecule has 5 nitrogen and oxygen atoms in total. The molecule has 0 aromatic heterocycles. The normalized spacial score (nSPS) is 10.0. The van der Waals surface area contributed by atoms with Crippen molar-refractivity contribution >= 4 is 11.6 Å². The second-order valence-corrected chi connectivity index (χ2v) is 4.12. The summed E-state index contributed by atoms with van der Waals surface area (Å²) in [5.74, 6) is 0.478. The maximum Gasteiger partial charge on any atom is 0.238 e. The Kier molecular flexibility index (Phi) is 6.41. The first kappa shape index (κ1) is 15.0.